The van der Waals surface area contributed by atoms with Crippen LogP contribution in [0.5, 0.6) is 0 Å². The minimum absolute atomic E-state index is 0.180. The monoisotopic (exact) mass is 347 g/mol. The van der Waals surface area contributed by atoms with Gasteiger partial charge in [0.2, 0.25) is 0 Å². The van der Waals surface area contributed by atoms with E-state index in [1.807, 2.05) is 17.9 Å². The van der Waals surface area contributed by atoms with Crippen LogP contribution in [0, 0.1) is 18.8 Å². The van der Waals surface area contributed by atoms with E-state index in [-0.39, 0.29) is 18.1 Å². The van der Waals surface area contributed by atoms with Gasteiger partial charge in [0.15, 0.2) is 0 Å². The lowest BCUT2D eigenvalue weighted by atomic mass is 9.91. The molecule has 0 aromatic carbocycles. The largest absolute Gasteiger partial charge is 0.364 e. The Morgan fingerprint density at radius 1 is 1.28 bits per heavy atom. The van der Waals surface area contributed by atoms with Gasteiger partial charge in [-0.2, -0.15) is 0 Å². The van der Waals surface area contributed by atoms with Gasteiger partial charge in [-0.25, -0.2) is 0 Å². The lowest BCUT2D eigenvalue weighted by Gasteiger charge is -2.33. The number of nitrogens with zero attached hydrogens (tertiary/aromatic N) is 3. The lowest BCUT2D eigenvalue weighted by molar-refractivity contribution is -0.145. The number of aromatic nitrogens is 1. The number of likely N-dealkylation sites (tertiary alicyclic amines) is 2. The fourth-order valence-corrected chi connectivity index (χ4v) is 4.45. The molecule has 0 unspecified atom stereocenters. The number of rotatable bonds is 3. The summed E-state index contributed by atoms with van der Waals surface area (Å²) in [5.41, 5.74) is 0.976. The van der Waals surface area contributed by atoms with E-state index < -0.39 is 0 Å². The van der Waals surface area contributed by atoms with E-state index >= 15 is 0 Å². The predicted molar refractivity (Wildman–Crippen MR) is 92.9 cm³/mol. The maximum absolute atomic E-state index is 12.8. The van der Waals surface area contributed by atoms with E-state index in [0.29, 0.717) is 5.92 Å². The molecule has 3 fully saturated rings. The molecule has 3 atom stereocenters. The van der Waals surface area contributed by atoms with E-state index in [0.717, 1.165) is 75.8 Å². The summed E-state index contributed by atoms with van der Waals surface area (Å²) in [6.45, 7) is 8.70. The molecular formula is C19H29N3O3. The van der Waals surface area contributed by atoms with Gasteiger partial charge < -0.3 is 14.2 Å². The first-order chi connectivity index (χ1) is 12.1. The summed E-state index contributed by atoms with van der Waals surface area (Å²) >= 11 is 0. The molecule has 3 aliphatic heterocycles. The van der Waals surface area contributed by atoms with E-state index in [9.17, 15) is 4.79 Å². The molecule has 6 nitrogen and oxygen atoms in total. The number of carbonyl (C=O) groups excluding carboxylic acids is 1. The molecule has 0 bridgehead atoms. The Morgan fingerprint density at radius 2 is 2.08 bits per heavy atom. The Labute approximate surface area is 149 Å². The zero-order chi connectivity index (χ0) is 17.4. The standard InChI is InChI=1S/C19H29N3O3/c1-13-3-7-22(8-4-13)19(23)17-10-15-5-6-21(12-18(15)24-17)11-16-9-14(2)25-20-16/h9,13,15,17-18H,3-8,10-12H2,1-2H3/t15-,17+,18-/m1/s1. The third kappa shape index (κ3) is 3.75. The van der Waals surface area contributed by atoms with Crippen molar-refractivity contribution in [3.05, 3.63) is 17.5 Å². The lowest BCUT2D eigenvalue weighted by Crippen LogP contribution is -2.44. The average Bonchev–Trinajstić information content (AvgIpc) is 3.20. The van der Waals surface area contributed by atoms with Crippen LogP contribution in [0.1, 0.15) is 44.1 Å². The van der Waals surface area contributed by atoms with Crippen molar-refractivity contribution in [1.82, 2.24) is 15.0 Å². The highest BCUT2D eigenvalue weighted by Gasteiger charge is 2.43. The summed E-state index contributed by atoms with van der Waals surface area (Å²) in [7, 11) is 0. The van der Waals surface area contributed by atoms with Crippen molar-refractivity contribution < 1.29 is 14.1 Å². The first-order valence-electron chi connectivity index (χ1n) is 9.67. The van der Waals surface area contributed by atoms with Crippen molar-refractivity contribution in [3.8, 4) is 0 Å². The van der Waals surface area contributed by atoms with Crippen molar-refractivity contribution in [3.63, 3.8) is 0 Å². The second-order valence-electron chi connectivity index (χ2n) is 8.12. The Morgan fingerprint density at radius 3 is 2.80 bits per heavy atom. The number of aryl methyl sites for hydroxylation is 1. The van der Waals surface area contributed by atoms with Crippen LogP contribution in [0.3, 0.4) is 0 Å². The third-order valence-corrected chi connectivity index (χ3v) is 6.07. The smallest absolute Gasteiger partial charge is 0.251 e. The van der Waals surface area contributed by atoms with Crippen molar-refractivity contribution in [2.24, 2.45) is 11.8 Å². The number of hydrogen-bond donors (Lipinski definition) is 0. The van der Waals surface area contributed by atoms with Crippen LogP contribution in [-0.2, 0) is 16.1 Å². The topological polar surface area (TPSA) is 58.8 Å². The van der Waals surface area contributed by atoms with Crippen molar-refractivity contribution in [2.75, 3.05) is 26.2 Å². The van der Waals surface area contributed by atoms with Crippen LogP contribution in [-0.4, -0.2) is 59.3 Å². The quantitative estimate of drug-likeness (QED) is 0.839. The number of piperidine rings is 2. The molecule has 25 heavy (non-hydrogen) atoms. The molecule has 4 heterocycles. The summed E-state index contributed by atoms with van der Waals surface area (Å²) in [6, 6.07) is 1.99. The molecule has 4 rings (SSSR count). The minimum atomic E-state index is -0.224. The van der Waals surface area contributed by atoms with Crippen LogP contribution in [0.4, 0.5) is 0 Å². The molecule has 1 amide bonds. The normalized spacial score (nSPS) is 31.3. The van der Waals surface area contributed by atoms with E-state index in [1.54, 1.807) is 0 Å². The molecule has 0 aliphatic carbocycles. The first kappa shape index (κ1) is 17.0. The summed E-state index contributed by atoms with van der Waals surface area (Å²) in [5, 5.41) is 4.09. The third-order valence-electron chi connectivity index (χ3n) is 6.07. The van der Waals surface area contributed by atoms with Crippen LogP contribution < -0.4 is 0 Å². The van der Waals surface area contributed by atoms with Crippen molar-refractivity contribution in [2.45, 2.75) is 58.3 Å². The van der Waals surface area contributed by atoms with Crippen LogP contribution in [0.2, 0.25) is 0 Å². The zero-order valence-electron chi connectivity index (χ0n) is 15.3. The Kier molecular flexibility index (Phi) is 4.82. The fourth-order valence-electron chi connectivity index (χ4n) is 4.45. The fraction of sp³-hybridized carbons (Fsp3) is 0.789. The Hall–Kier alpha value is -1.40. The van der Waals surface area contributed by atoms with Gasteiger partial charge >= 0.3 is 0 Å². The van der Waals surface area contributed by atoms with Gasteiger partial charge in [0.25, 0.3) is 5.91 Å². The number of hydrogen-bond acceptors (Lipinski definition) is 5. The highest BCUT2D eigenvalue weighted by molar-refractivity contribution is 5.81. The molecule has 0 radical (unpaired) electrons. The number of carbonyl (C=O) groups is 1. The number of fused-ring (bicyclic) bond motifs is 1. The molecule has 1 aromatic rings. The predicted octanol–water partition coefficient (Wildman–Crippen LogP) is 2.22. The van der Waals surface area contributed by atoms with Gasteiger partial charge in [-0.15, -0.1) is 0 Å². The van der Waals surface area contributed by atoms with Crippen molar-refractivity contribution >= 4 is 5.91 Å². The molecule has 6 heteroatoms. The summed E-state index contributed by atoms with van der Waals surface area (Å²) in [4.78, 5) is 17.2. The number of amides is 1. The molecule has 0 saturated carbocycles. The molecule has 3 aliphatic rings. The van der Waals surface area contributed by atoms with E-state index in [1.165, 1.54) is 0 Å². The minimum Gasteiger partial charge on any atom is -0.364 e. The van der Waals surface area contributed by atoms with E-state index in [2.05, 4.69) is 17.0 Å². The van der Waals surface area contributed by atoms with Crippen LogP contribution >= 0.6 is 0 Å². The molecule has 0 N–H and O–H groups in total. The Bertz CT molecular complexity index is 609. The molecule has 3 saturated heterocycles. The van der Waals surface area contributed by atoms with Gasteiger partial charge in [-0.05, 0) is 51.0 Å². The molecule has 1 aromatic heterocycles. The van der Waals surface area contributed by atoms with Gasteiger partial charge in [-0.3, -0.25) is 9.69 Å². The summed E-state index contributed by atoms with van der Waals surface area (Å²) < 4.78 is 11.4. The second kappa shape index (κ2) is 7.08. The maximum Gasteiger partial charge on any atom is 0.251 e. The van der Waals surface area contributed by atoms with Crippen molar-refractivity contribution in [1.29, 1.82) is 0 Å². The second-order valence-corrected chi connectivity index (χ2v) is 8.12. The molecule has 0 spiro atoms. The first-order valence-corrected chi connectivity index (χ1v) is 9.67. The highest BCUT2D eigenvalue weighted by atomic mass is 16.5. The van der Waals surface area contributed by atoms with Gasteiger partial charge in [0.1, 0.15) is 11.9 Å². The summed E-state index contributed by atoms with van der Waals surface area (Å²) in [6.07, 6.45) is 4.19. The van der Waals surface area contributed by atoms with Crippen LogP contribution in [0.15, 0.2) is 10.6 Å². The van der Waals surface area contributed by atoms with Gasteiger partial charge in [-0.1, -0.05) is 12.1 Å². The maximum atomic E-state index is 12.8. The SMILES string of the molecule is Cc1cc(CN2CC[C@@H]3C[C@@H](C(=O)N4CCC(C)CC4)O[C@@H]3C2)no1. The van der Waals surface area contributed by atoms with E-state index in [4.69, 9.17) is 9.26 Å². The average molecular weight is 347 g/mol. The highest BCUT2D eigenvalue weighted by Crippen LogP contribution is 2.35. The number of ether oxygens (including phenoxy) is 1. The molecule has 138 valence electrons. The zero-order valence-corrected chi connectivity index (χ0v) is 15.3. The van der Waals surface area contributed by atoms with Gasteiger partial charge in [0, 0.05) is 32.2 Å². The van der Waals surface area contributed by atoms with Gasteiger partial charge in [0.05, 0.1) is 11.8 Å². The Balaban J connectivity index is 1.31. The summed E-state index contributed by atoms with van der Waals surface area (Å²) in [5.74, 6) is 2.33. The molecular weight excluding hydrogens is 318 g/mol. The van der Waals surface area contributed by atoms with Crippen LogP contribution in [0.25, 0.3) is 0 Å².